The van der Waals surface area contributed by atoms with E-state index in [4.69, 9.17) is 4.74 Å². The lowest BCUT2D eigenvalue weighted by atomic mass is 9.94. The number of carbonyl (C=O) groups excluding carboxylic acids is 1. The van der Waals surface area contributed by atoms with Gasteiger partial charge in [-0.1, -0.05) is 36.4 Å². The van der Waals surface area contributed by atoms with E-state index in [2.05, 4.69) is 28.5 Å². The third-order valence-electron chi connectivity index (χ3n) is 4.66. The lowest BCUT2D eigenvalue weighted by Crippen LogP contribution is -2.14. The number of anilines is 1. The van der Waals surface area contributed by atoms with Crippen molar-refractivity contribution in [3.05, 3.63) is 64.0 Å². The standard InChI is InChI=1S/C21H20N2O2S/c1-13-11-14(7-9-17(13)25-2)12-19(24)22-21-23-20-16-6-4-3-5-15(16)8-10-18(20)26-21/h3-7,9,11H,8,10,12H2,1-2H3,(H,22,23,24). The molecule has 0 saturated carbocycles. The molecule has 2 aromatic carbocycles. The van der Waals surface area contributed by atoms with Crippen LogP contribution < -0.4 is 10.1 Å². The van der Waals surface area contributed by atoms with E-state index in [1.54, 1.807) is 18.4 Å². The Labute approximate surface area is 156 Å². The summed E-state index contributed by atoms with van der Waals surface area (Å²) in [5, 5.41) is 3.65. The molecule has 132 valence electrons. The van der Waals surface area contributed by atoms with Crippen LogP contribution in [-0.2, 0) is 24.1 Å². The molecular weight excluding hydrogens is 344 g/mol. The number of methoxy groups -OCH3 is 1. The zero-order valence-corrected chi connectivity index (χ0v) is 15.7. The Hall–Kier alpha value is -2.66. The van der Waals surface area contributed by atoms with Crippen molar-refractivity contribution >= 4 is 22.4 Å². The lowest BCUT2D eigenvalue weighted by molar-refractivity contribution is -0.115. The molecule has 0 fully saturated rings. The van der Waals surface area contributed by atoms with Crippen LogP contribution in [0.3, 0.4) is 0 Å². The van der Waals surface area contributed by atoms with Crippen molar-refractivity contribution in [1.82, 2.24) is 4.98 Å². The van der Waals surface area contributed by atoms with Gasteiger partial charge in [-0.05, 0) is 42.5 Å². The van der Waals surface area contributed by atoms with E-state index >= 15 is 0 Å². The molecule has 1 aliphatic rings. The second-order valence-corrected chi connectivity index (χ2v) is 7.56. The fourth-order valence-electron chi connectivity index (χ4n) is 3.40. The maximum atomic E-state index is 12.4. The Balaban J connectivity index is 1.50. The first-order valence-corrected chi connectivity index (χ1v) is 9.47. The second-order valence-electron chi connectivity index (χ2n) is 6.48. The summed E-state index contributed by atoms with van der Waals surface area (Å²) >= 11 is 1.58. The number of aromatic nitrogens is 1. The maximum absolute atomic E-state index is 12.4. The number of hydrogen-bond acceptors (Lipinski definition) is 4. The normalized spacial score (nSPS) is 12.2. The third-order valence-corrected chi connectivity index (χ3v) is 5.69. The Morgan fingerprint density at radius 1 is 1.23 bits per heavy atom. The van der Waals surface area contributed by atoms with Crippen LogP contribution in [0.15, 0.2) is 42.5 Å². The molecule has 4 rings (SSSR count). The molecule has 1 heterocycles. The van der Waals surface area contributed by atoms with Crippen molar-refractivity contribution in [2.45, 2.75) is 26.2 Å². The molecule has 0 bridgehead atoms. The van der Waals surface area contributed by atoms with Crippen LogP contribution in [0.4, 0.5) is 5.13 Å². The smallest absolute Gasteiger partial charge is 0.230 e. The number of rotatable bonds is 4. The number of thiazole rings is 1. The van der Waals surface area contributed by atoms with Gasteiger partial charge in [-0.25, -0.2) is 4.98 Å². The molecule has 1 N–H and O–H groups in total. The summed E-state index contributed by atoms with van der Waals surface area (Å²) in [6, 6.07) is 14.2. The van der Waals surface area contributed by atoms with Crippen molar-refractivity contribution in [2.75, 3.05) is 12.4 Å². The van der Waals surface area contributed by atoms with Crippen LogP contribution in [0.1, 0.15) is 21.6 Å². The minimum absolute atomic E-state index is 0.0473. The van der Waals surface area contributed by atoms with Gasteiger partial charge in [0.05, 0.1) is 19.2 Å². The van der Waals surface area contributed by atoms with E-state index in [-0.39, 0.29) is 5.91 Å². The summed E-state index contributed by atoms with van der Waals surface area (Å²) in [5.41, 5.74) is 5.53. The number of carbonyl (C=O) groups is 1. The fourth-order valence-corrected chi connectivity index (χ4v) is 4.39. The summed E-state index contributed by atoms with van der Waals surface area (Å²) in [6.45, 7) is 1.98. The van der Waals surface area contributed by atoms with Gasteiger partial charge in [0.2, 0.25) is 5.91 Å². The predicted molar refractivity (Wildman–Crippen MR) is 105 cm³/mol. The molecule has 1 aliphatic carbocycles. The number of nitrogens with one attached hydrogen (secondary N) is 1. The zero-order chi connectivity index (χ0) is 18.1. The Morgan fingerprint density at radius 2 is 2.08 bits per heavy atom. The summed E-state index contributed by atoms with van der Waals surface area (Å²) in [5.74, 6) is 0.786. The molecule has 3 aromatic rings. The monoisotopic (exact) mass is 364 g/mol. The van der Waals surface area contributed by atoms with Gasteiger partial charge in [0, 0.05) is 10.4 Å². The minimum Gasteiger partial charge on any atom is -0.496 e. The van der Waals surface area contributed by atoms with E-state index < -0.39 is 0 Å². The number of hydrogen-bond donors (Lipinski definition) is 1. The van der Waals surface area contributed by atoms with Gasteiger partial charge in [0.15, 0.2) is 5.13 Å². The number of aryl methyl sites for hydroxylation is 3. The minimum atomic E-state index is -0.0473. The third kappa shape index (κ3) is 3.22. The Morgan fingerprint density at radius 3 is 2.88 bits per heavy atom. The maximum Gasteiger partial charge on any atom is 0.230 e. The van der Waals surface area contributed by atoms with Crippen LogP contribution in [0.2, 0.25) is 0 Å². The predicted octanol–water partition coefficient (Wildman–Crippen LogP) is 4.41. The van der Waals surface area contributed by atoms with Crippen LogP contribution >= 0.6 is 11.3 Å². The molecule has 26 heavy (non-hydrogen) atoms. The van der Waals surface area contributed by atoms with E-state index in [0.717, 1.165) is 35.4 Å². The molecule has 0 saturated heterocycles. The zero-order valence-electron chi connectivity index (χ0n) is 14.8. The summed E-state index contributed by atoms with van der Waals surface area (Å²) in [6.07, 6.45) is 2.34. The average Bonchev–Trinajstić information content (AvgIpc) is 3.04. The van der Waals surface area contributed by atoms with Gasteiger partial charge in [0.1, 0.15) is 5.75 Å². The number of nitrogens with zero attached hydrogens (tertiary/aromatic N) is 1. The largest absolute Gasteiger partial charge is 0.496 e. The quantitative estimate of drug-likeness (QED) is 0.746. The lowest BCUT2D eigenvalue weighted by Gasteiger charge is -2.13. The van der Waals surface area contributed by atoms with Crippen LogP contribution in [0.5, 0.6) is 5.75 Å². The van der Waals surface area contributed by atoms with Crippen LogP contribution in [0, 0.1) is 6.92 Å². The first kappa shape index (κ1) is 16.8. The summed E-state index contributed by atoms with van der Waals surface area (Å²) in [7, 11) is 1.65. The Kier molecular flexibility index (Phi) is 4.47. The molecule has 0 aliphatic heterocycles. The summed E-state index contributed by atoms with van der Waals surface area (Å²) in [4.78, 5) is 18.4. The highest BCUT2D eigenvalue weighted by atomic mass is 32.1. The number of ether oxygens (including phenoxy) is 1. The molecule has 0 unspecified atom stereocenters. The van der Waals surface area contributed by atoms with Crippen molar-refractivity contribution in [3.63, 3.8) is 0 Å². The van der Waals surface area contributed by atoms with Gasteiger partial charge in [0.25, 0.3) is 0 Å². The van der Waals surface area contributed by atoms with E-state index in [9.17, 15) is 4.79 Å². The molecule has 4 nitrogen and oxygen atoms in total. The highest BCUT2D eigenvalue weighted by Gasteiger charge is 2.21. The van der Waals surface area contributed by atoms with Gasteiger partial charge >= 0.3 is 0 Å². The van der Waals surface area contributed by atoms with Crippen LogP contribution in [0.25, 0.3) is 11.3 Å². The number of fused-ring (bicyclic) bond motifs is 3. The molecular formula is C21H20N2O2S. The molecule has 1 amide bonds. The molecule has 0 radical (unpaired) electrons. The SMILES string of the molecule is COc1ccc(CC(=O)Nc2nc3c(s2)CCc2ccccc2-3)cc1C. The molecule has 5 heteroatoms. The van der Waals surface area contributed by atoms with Gasteiger partial charge in [-0.2, -0.15) is 0 Å². The average molecular weight is 364 g/mol. The van der Waals surface area contributed by atoms with Crippen LogP contribution in [-0.4, -0.2) is 18.0 Å². The van der Waals surface area contributed by atoms with Gasteiger partial charge in [-0.3, -0.25) is 4.79 Å². The van der Waals surface area contributed by atoms with E-state index in [1.807, 2.05) is 31.2 Å². The topological polar surface area (TPSA) is 51.2 Å². The van der Waals surface area contributed by atoms with E-state index in [1.165, 1.54) is 16.0 Å². The van der Waals surface area contributed by atoms with Crippen molar-refractivity contribution in [3.8, 4) is 17.0 Å². The first-order valence-electron chi connectivity index (χ1n) is 8.65. The number of amides is 1. The summed E-state index contributed by atoms with van der Waals surface area (Å²) < 4.78 is 5.27. The fraction of sp³-hybridized carbons (Fsp3) is 0.238. The van der Waals surface area contributed by atoms with Crippen molar-refractivity contribution in [2.24, 2.45) is 0 Å². The molecule has 1 aromatic heterocycles. The van der Waals surface area contributed by atoms with Gasteiger partial charge < -0.3 is 10.1 Å². The molecule has 0 spiro atoms. The highest BCUT2D eigenvalue weighted by molar-refractivity contribution is 7.16. The van der Waals surface area contributed by atoms with Crippen molar-refractivity contribution < 1.29 is 9.53 Å². The van der Waals surface area contributed by atoms with E-state index in [0.29, 0.717) is 11.6 Å². The molecule has 0 atom stereocenters. The van der Waals surface area contributed by atoms with Gasteiger partial charge in [-0.15, -0.1) is 11.3 Å². The van der Waals surface area contributed by atoms with Crippen molar-refractivity contribution in [1.29, 1.82) is 0 Å². The second kappa shape index (κ2) is 6.92. The Bertz CT molecular complexity index is 978. The highest BCUT2D eigenvalue weighted by Crippen LogP contribution is 2.37. The first-order chi connectivity index (χ1) is 12.6. The number of benzene rings is 2.